The summed E-state index contributed by atoms with van der Waals surface area (Å²) in [6.07, 6.45) is 15.9. The fourth-order valence-corrected chi connectivity index (χ4v) is 10.1. The van der Waals surface area contributed by atoms with Gasteiger partial charge in [-0.25, -0.2) is 5.01 Å². The van der Waals surface area contributed by atoms with Crippen LogP contribution in [0.5, 0.6) is 0 Å². The second-order valence-electron chi connectivity index (χ2n) is 13.5. The number of hydrogen-bond acceptors (Lipinski definition) is 2. The molecule has 8 atom stereocenters. The van der Waals surface area contributed by atoms with E-state index in [0.29, 0.717) is 11.3 Å². The maximum absolute atomic E-state index is 12.8. The monoisotopic (exact) mass is 440 g/mol. The SMILES string of the molecule is CC(=O)N1N=C2C[C@]13CCCC[C@]3(C)[C@H]1CC[C@]3(C)[C@@H]([C@H](C)CCCC(C)C)CC[C@H]3[C@H]21. The van der Waals surface area contributed by atoms with Crippen LogP contribution in [0.2, 0.25) is 0 Å². The first-order valence-electron chi connectivity index (χ1n) is 14.0. The smallest absolute Gasteiger partial charge is 0.240 e. The highest BCUT2D eigenvalue weighted by molar-refractivity contribution is 5.94. The third-order valence-electron chi connectivity index (χ3n) is 11.7. The molecule has 0 radical (unpaired) electrons. The Morgan fingerprint density at radius 1 is 1.03 bits per heavy atom. The Labute approximate surface area is 197 Å². The molecule has 1 aliphatic heterocycles. The zero-order valence-electron chi connectivity index (χ0n) is 21.8. The fourth-order valence-electron chi connectivity index (χ4n) is 10.1. The van der Waals surface area contributed by atoms with Crippen molar-refractivity contribution in [1.29, 1.82) is 0 Å². The van der Waals surface area contributed by atoms with Crippen molar-refractivity contribution < 1.29 is 4.79 Å². The van der Waals surface area contributed by atoms with Gasteiger partial charge in [0.2, 0.25) is 5.91 Å². The lowest BCUT2D eigenvalue weighted by molar-refractivity contribution is -0.156. The van der Waals surface area contributed by atoms with Crippen molar-refractivity contribution in [2.45, 2.75) is 124 Å². The molecule has 4 aliphatic carbocycles. The van der Waals surface area contributed by atoms with E-state index < -0.39 is 0 Å². The number of hydrogen-bond donors (Lipinski definition) is 0. The number of fused-ring (bicyclic) bond motifs is 6. The second kappa shape index (κ2) is 7.84. The molecule has 4 fully saturated rings. The Morgan fingerprint density at radius 2 is 1.78 bits per heavy atom. The average molecular weight is 441 g/mol. The Bertz CT molecular complexity index is 788. The zero-order valence-corrected chi connectivity index (χ0v) is 21.8. The number of carbonyl (C=O) groups excluding carboxylic acids is 1. The standard InChI is InChI=1S/C29H48N2O/c1-19(2)10-9-11-20(3)22-12-13-23-26-24(14-17-27(22,23)5)28(6)15-7-8-16-29(28)18-25(26)30-31(29)21(4)32/h19-20,22-24,26H,7-18H2,1-6H3/t20-,22-,23+,24+,26+,27-,28-,29+/m1/s1. The van der Waals surface area contributed by atoms with Crippen molar-refractivity contribution in [3.8, 4) is 0 Å². The minimum atomic E-state index is -0.0104. The van der Waals surface area contributed by atoms with Gasteiger partial charge in [0.1, 0.15) is 0 Å². The van der Waals surface area contributed by atoms with Crippen LogP contribution in [-0.2, 0) is 4.79 Å². The number of amides is 1. The van der Waals surface area contributed by atoms with E-state index >= 15 is 0 Å². The molecule has 5 rings (SSSR count). The van der Waals surface area contributed by atoms with Crippen molar-refractivity contribution in [2.75, 3.05) is 0 Å². The predicted octanol–water partition coefficient (Wildman–Crippen LogP) is 7.45. The van der Waals surface area contributed by atoms with Crippen molar-refractivity contribution in [3.05, 3.63) is 0 Å². The molecule has 0 saturated heterocycles. The molecule has 4 saturated carbocycles. The van der Waals surface area contributed by atoms with Crippen LogP contribution in [-0.4, -0.2) is 22.2 Å². The van der Waals surface area contributed by atoms with Crippen LogP contribution in [0, 0.1) is 46.3 Å². The van der Waals surface area contributed by atoms with Gasteiger partial charge in [0, 0.05) is 25.0 Å². The van der Waals surface area contributed by atoms with Crippen LogP contribution < -0.4 is 0 Å². The first-order chi connectivity index (χ1) is 15.1. The highest BCUT2D eigenvalue weighted by Gasteiger charge is 2.70. The lowest BCUT2D eigenvalue weighted by atomic mass is 9.42. The molecule has 0 aromatic rings. The first-order valence-corrected chi connectivity index (χ1v) is 14.0. The van der Waals surface area contributed by atoms with Gasteiger partial charge < -0.3 is 0 Å². The summed E-state index contributed by atoms with van der Waals surface area (Å²) in [6, 6.07) is 0. The van der Waals surface area contributed by atoms with Crippen molar-refractivity contribution >= 4 is 11.6 Å². The van der Waals surface area contributed by atoms with Gasteiger partial charge in [-0.1, -0.05) is 66.7 Å². The van der Waals surface area contributed by atoms with Crippen molar-refractivity contribution in [3.63, 3.8) is 0 Å². The van der Waals surface area contributed by atoms with E-state index in [0.717, 1.165) is 42.4 Å². The van der Waals surface area contributed by atoms with E-state index in [1.807, 2.05) is 5.01 Å². The van der Waals surface area contributed by atoms with Gasteiger partial charge in [0.05, 0.1) is 5.54 Å². The van der Waals surface area contributed by atoms with Crippen LogP contribution in [0.4, 0.5) is 0 Å². The van der Waals surface area contributed by atoms with Gasteiger partial charge in [0.15, 0.2) is 0 Å². The van der Waals surface area contributed by atoms with Gasteiger partial charge in [-0.05, 0) is 78.9 Å². The quantitative estimate of drug-likeness (QED) is 0.437. The van der Waals surface area contributed by atoms with Crippen LogP contribution >= 0.6 is 0 Å². The summed E-state index contributed by atoms with van der Waals surface area (Å²) < 4.78 is 0. The van der Waals surface area contributed by atoms with Crippen LogP contribution in [0.3, 0.4) is 0 Å². The third-order valence-corrected chi connectivity index (χ3v) is 11.7. The molecule has 0 aromatic heterocycles. The Morgan fingerprint density at radius 3 is 2.50 bits per heavy atom. The summed E-state index contributed by atoms with van der Waals surface area (Å²) in [5, 5.41) is 7.20. The van der Waals surface area contributed by atoms with Crippen LogP contribution in [0.25, 0.3) is 0 Å². The summed E-state index contributed by atoms with van der Waals surface area (Å²) in [6.45, 7) is 14.3. The van der Waals surface area contributed by atoms with Crippen molar-refractivity contribution in [1.82, 2.24) is 5.01 Å². The lowest BCUT2D eigenvalue weighted by Gasteiger charge is -2.63. The van der Waals surface area contributed by atoms with Gasteiger partial charge in [-0.15, -0.1) is 0 Å². The summed E-state index contributed by atoms with van der Waals surface area (Å²) in [5.41, 5.74) is 2.13. The molecule has 5 aliphatic rings. The number of nitrogens with zero attached hydrogens (tertiary/aromatic N) is 2. The molecule has 3 heteroatoms. The van der Waals surface area contributed by atoms with E-state index in [-0.39, 0.29) is 16.9 Å². The third kappa shape index (κ3) is 3.04. The summed E-state index contributed by atoms with van der Waals surface area (Å²) >= 11 is 0. The van der Waals surface area contributed by atoms with Crippen LogP contribution in [0.1, 0.15) is 119 Å². The van der Waals surface area contributed by atoms with Gasteiger partial charge in [0.25, 0.3) is 0 Å². The Balaban J connectivity index is 1.44. The van der Waals surface area contributed by atoms with Gasteiger partial charge >= 0.3 is 0 Å². The summed E-state index contributed by atoms with van der Waals surface area (Å²) in [5.74, 6) is 4.85. The van der Waals surface area contributed by atoms with E-state index in [9.17, 15) is 4.79 Å². The first kappa shape index (κ1) is 22.9. The normalized spacial score (nSPS) is 45.8. The molecule has 2 bridgehead atoms. The van der Waals surface area contributed by atoms with E-state index in [2.05, 4.69) is 34.6 Å². The van der Waals surface area contributed by atoms with E-state index in [1.165, 1.54) is 69.9 Å². The summed E-state index contributed by atoms with van der Waals surface area (Å²) in [4.78, 5) is 12.8. The molecule has 3 nitrogen and oxygen atoms in total. The molecule has 180 valence electrons. The molecule has 1 amide bonds. The fraction of sp³-hybridized carbons (Fsp3) is 0.931. The molecule has 1 spiro atoms. The highest BCUT2D eigenvalue weighted by Crippen LogP contribution is 2.70. The maximum Gasteiger partial charge on any atom is 0.240 e. The topological polar surface area (TPSA) is 32.7 Å². The maximum atomic E-state index is 12.8. The molecular weight excluding hydrogens is 392 g/mol. The largest absolute Gasteiger partial charge is 0.273 e. The molecular formula is C29H48N2O. The molecule has 1 heterocycles. The Hall–Kier alpha value is -0.860. The zero-order chi connectivity index (χ0) is 22.9. The van der Waals surface area contributed by atoms with Crippen molar-refractivity contribution in [2.24, 2.45) is 51.4 Å². The number of carbonyl (C=O) groups is 1. The number of rotatable bonds is 5. The second-order valence-corrected chi connectivity index (χ2v) is 13.5. The van der Waals surface area contributed by atoms with Crippen LogP contribution in [0.15, 0.2) is 5.10 Å². The minimum Gasteiger partial charge on any atom is -0.273 e. The van der Waals surface area contributed by atoms with E-state index in [4.69, 9.17) is 5.10 Å². The Kier molecular flexibility index (Phi) is 5.61. The highest BCUT2D eigenvalue weighted by atomic mass is 16.2. The predicted molar refractivity (Wildman–Crippen MR) is 132 cm³/mol. The summed E-state index contributed by atoms with van der Waals surface area (Å²) in [7, 11) is 0. The minimum absolute atomic E-state index is 0.0104. The van der Waals surface area contributed by atoms with Gasteiger partial charge in [-0.3, -0.25) is 4.79 Å². The van der Waals surface area contributed by atoms with E-state index in [1.54, 1.807) is 6.92 Å². The average Bonchev–Trinajstić information content (AvgIpc) is 3.26. The molecule has 0 N–H and O–H groups in total. The molecule has 32 heavy (non-hydrogen) atoms. The molecule has 0 unspecified atom stereocenters. The lowest BCUT2D eigenvalue weighted by Crippen LogP contribution is -2.66. The van der Waals surface area contributed by atoms with Gasteiger partial charge in [-0.2, -0.15) is 5.10 Å². The molecule has 0 aromatic carbocycles. The number of hydrazone groups is 1.